The minimum atomic E-state index is -0.308. The fraction of sp³-hybridized carbons (Fsp3) is 0.0714. The van der Waals surface area contributed by atoms with E-state index < -0.39 is 0 Å². The maximum absolute atomic E-state index is 13.5. The maximum Gasteiger partial charge on any atom is 0.137 e. The Labute approximate surface area is 109 Å². The van der Waals surface area contributed by atoms with Gasteiger partial charge in [0.1, 0.15) is 11.9 Å². The quantitative estimate of drug-likeness (QED) is 0.919. The smallest absolute Gasteiger partial charge is 0.137 e. The molecule has 18 heavy (non-hydrogen) atoms. The lowest BCUT2D eigenvalue weighted by atomic mass is 10.1. The first-order chi connectivity index (χ1) is 8.74. The molecule has 0 spiro atoms. The van der Waals surface area contributed by atoms with Crippen LogP contribution in [0, 0.1) is 17.1 Å². The normalized spacial score (nSPS) is 10.1. The molecule has 2 aromatic carbocycles. The Morgan fingerprint density at radius 3 is 2.61 bits per heavy atom. The number of aliphatic hydroxyl groups excluding tert-OH is 1. The molecule has 0 aliphatic rings. The zero-order valence-corrected chi connectivity index (χ0v) is 10.2. The monoisotopic (exact) mass is 259 g/mol. The third kappa shape index (κ3) is 2.70. The van der Waals surface area contributed by atoms with Crippen molar-refractivity contribution in [3.05, 3.63) is 59.4 Å². The third-order valence-electron chi connectivity index (χ3n) is 2.40. The predicted molar refractivity (Wildman–Crippen MR) is 67.6 cm³/mol. The maximum atomic E-state index is 13.5. The number of halogens is 1. The Morgan fingerprint density at radius 1 is 1.17 bits per heavy atom. The minimum absolute atomic E-state index is 0.112. The third-order valence-corrected chi connectivity index (χ3v) is 3.53. The van der Waals surface area contributed by atoms with Crippen molar-refractivity contribution in [3.63, 3.8) is 0 Å². The lowest BCUT2D eigenvalue weighted by Gasteiger charge is -2.06. The molecule has 0 unspecified atom stereocenters. The second-order valence-corrected chi connectivity index (χ2v) is 4.72. The van der Waals surface area contributed by atoms with E-state index in [2.05, 4.69) is 6.07 Å². The number of nitrogens with zero attached hydrogens (tertiary/aromatic N) is 1. The van der Waals surface area contributed by atoms with Gasteiger partial charge >= 0.3 is 0 Å². The Bertz CT molecular complexity index is 607. The van der Waals surface area contributed by atoms with Gasteiger partial charge in [-0.2, -0.15) is 5.26 Å². The molecule has 90 valence electrons. The molecule has 0 aromatic heterocycles. The van der Waals surface area contributed by atoms with E-state index in [4.69, 9.17) is 10.4 Å². The van der Waals surface area contributed by atoms with Crippen molar-refractivity contribution in [2.45, 2.75) is 16.4 Å². The van der Waals surface area contributed by atoms with Crippen LogP contribution in [0.5, 0.6) is 0 Å². The van der Waals surface area contributed by atoms with Gasteiger partial charge in [0.05, 0.1) is 12.2 Å². The van der Waals surface area contributed by atoms with Gasteiger partial charge < -0.3 is 5.11 Å². The van der Waals surface area contributed by atoms with Crippen molar-refractivity contribution in [3.8, 4) is 6.07 Å². The fourth-order valence-electron chi connectivity index (χ4n) is 1.50. The fourth-order valence-corrected chi connectivity index (χ4v) is 2.40. The molecule has 4 heteroatoms. The summed E-state index contributed by atoms with van der Waals surface area (Å²) in [4.78, 5) is 1.16. The molecule has 0 saturated carbocycles. The molecular formula is C14H10FNOS. The number of aliphatic hydroxyl groups is 1. The Balaban J connectivity index is 2.35. The van der Waals surface area contributed by atoms with Gasteiger partial charge in [-0.05, 0) is 29.8 Å². The highest BCUT2D eigenvalue weighted by Gasteiger charge is 2.08. The van der Waals surface area contributed by atoms with E-state index in [1.807, 2.05) is 0 Å². The largest absolute Gasteiger partial charge is 0.392 e. The molecule has 0 fully saturated rings. The first kappa shape index (κ1) is 12.6. The van der Waals surface area contributed by atoms with Crippen LogP contribution in [0.2, 0.25) is 0 Å². The van der Waals surface area contributed by atoms with Gasteiger partial charge in [-0.15, -0.1) is 0 Å². The van der Waals surface area contributed by atoms with Crippen LogP contribution in [0.15, 0.2) is 52.3 Å². The van der Waals surface area contributed by atoms with Gasteiger partial charge in [0, 0.05) is 9.79 Å². The van der Waals surface area contributed by atoms with Crippen LogP contribution >= 0.6 is 11.8 Å². The molecule has 0 heterocycles. The van der Waals surface area contributed by atoms with Gasteiger partial charge in [-0.1, -0.05) is 30.0 Å². The first-order valence-electron chi connectivity index (χ1n) is 5.31. The topological polar surface area (TPSA) is 44.0 Å². The molecular weight excluding hydrogens is 249 g/mol. The van der Waals surface area contributed by atoms with E-state index in [1.165, 1.54) is 17.8 Å². The van der Waals surface area contributed by atoms with E-state index >= 15 is 0 Å². The van der Waals surface area contributed by atoms with Crippen molar-refractivity contribution in [1.82, 2.24) is 0 Å². The molecule has 2 nitrogen and oxygen atoms in total. The predicted octanol–water partition coefficient (Wildman–Crippen LogP) is 3.34. The summed E-state index contributed by atoms with van der Waals surface area (Å²) in [5.74, 6) is -0.308. The highest BCUT2D eigenvalue weighted by molar-refractivity contribution is 7.99. The lowest BCUT2D eigenvalue weighted by molar-refractivity contribution is 0.281. The highest BCUT2D eigenvalue weighted by atomic mass is 32.2. The standard InChI is InChI=1S/C14H10FNOS/c15-12-3-1-2-4-14(12)18-13-6-5-10(9-17)7-11(13)8-16/h1-7,17H,9H2. The number of rotatable bonds is 3. The van der Waals surface area contributed by atoms with E-state index in [9.17, 15) is 4.39 Å². The van der Waals surface area contributed by atoms with Crippen LogP contribution in [-0.2, 0) is 6.61 Å². The van der Waals surface area contributed by atoms with Crippen LogP contribution in [0.1, 0.15) is 11.1 Å². The van der Waals surface area contributed by atoms with E-state index in [0.717, 1.165) is 0 Å². The summed E-state index contributed by atoms with van der Waals surface area (Å²) in [6, 6.07) is 13.5. The molecule has 0 radical (unpaired) electrons. The Hall–Kier alpha value is -1.83. The molecule has 0 aliphatic heterocycles. The van der Waals surface area contributed by atoms with Crippen molar-refractivity contribution >= 4 is 11.8 Å². The summed E-state index contributed by atoms with van der Waals surface area (Å²) in [5.41, 5.74) is 1.11. The number of nitriles is 1. The highest BCUT2D eigenvalue weighted by Crippen LogP contribution is 2.32. The van der Waals surface area contributed by atoms with E-state index in [1.54, 1.807) is 36.4 Å². The second kappa shape index (κ2) is 5.67. The summed E-state index contributed by atoms with van der Waals surface area (Å²) in [7, 11) is 0. The summed E-state index contributed by atoms with van der Waals surface area (Å²) in [5, 5.41) is 18.1. The summed E-state index contributed by atoms with van der Waals surface area (Å²) in [6.45, 7) is -0.112. The van der Waals surface area contributed by atoms with Gasteiger partial charge in [0.2, 0.25) is 0 Å². The van der Waals surface area contributed by atoms with Crippen LogP contribution < -0.4 is 0 Å². The number of benzene rings is 2. The summed E-state index contributed by atoms with van der Waals surface area (Å²) >= 11 is 1.21. The average molecular weight is 259 g/mol. The van der Waals surface area contributed by atoms with E-state index in [-0.39, 0.29) is 12.4 Å². The molecule has 0 aliphatic carbocycles. The van der Waals surface area contributed by atoms with Crippen molar-refractivity contribution in [1.29, 1.82) is 5.26 Å². The van der Waals surface area contributed by atoms with Crippen molar-refractivity contribution in [2.24, 2.45) is 0 Å². The zero-order chi connectivity index (χ0) is 13.0. The second-order valence-electron chi connectivity index (χ2n) is 3.63. The number of hydrogen-bond acceptors (Lipinski definition) is 3. The molecule has 1 N–H and O–H groups in total. The van der Waals surface area contributed by atoms with Crippen LogP contribution in [0.3, 0.4) is 0 Å². The molecule has 2 aromatic rings. The molecule has 0 saturated heterocycles. The van der Waals surface area contributed by atoms with Crippen LogP contribution in [-0.4, -0.2) is 5.11 Å². The first-order valence-corrected chi connectivity index (χ1v) is 6.12. The zero-order valence-electron chi connectivity index (χ0n) is 9.43. The summed E-state index contributed by atoms with van der Waals surface area (Å²) < 4.78 is 13.5. The van der Waals surface area contributed by atoms with Crippen LogP contribution in [0.4, 0.5) is 4.39 Å². The number of hydrogen-bond donors (Lipinski definition) is 1. The van der Waals surface area contributed by atoms with Crippen molar-refractivity contribution in [2.75, 3.05) is 0 Å². The summed E-state index contributed by atoms with van der Waals surface area (Å²) in [6.07, 6.45) is 0. The molecule has 0 amide bonds. The van der Waals surface area contributed by atoms with Gasteiger partial charge in [-0.25, -0.2) is 4.39 Å². The molecule has 0 atom stereocenters. The van der Waals surface area contributed by atoms with Crippen LogP contribution in [0.25, 0.3) is 0 Å². The van der Waals surface area contributed by atoms with Gasteiger partial charge in [-0.3, -0.25) is 0 Å². The molecule has 0 bridgehead atoms. The minimum Gasteiger partial charge on any atom is -0.392 e. The Morgan fingerprint density at radius 2 is 1.94 bits per heavy atom. The lowest BCUT2D eigenvalue weighted by Crippen LogP contribution is -1.88. The SMILES string of the molecule is N#Cc1cc(CO)ccc1Sc1ccccc1F. The van der Waals surface area contributed by atoms with E-state index in [0.29, 0.717) is 20.9 Å². The Kier molecular flexibility index (Phi) is 3.98. The van der Waals surface area contributed by atoms with Gasteiger partial charge in [0.25, 0.3) is 0 Å². The molecule has 2 rings (SSSR count). The van der Waals surface area contributed by atoms with Gasteiger partial charge in [0.15, 0.2) is 0 Å². The van der Waals surface area contributed by atoms with Crippen molar-refractivity contribution < 1.29 is 9.50 Å². The average Bonchev–Trinajstić information content (AvgIpc) is 2.41.